The zero-order chi connectivity index (χ0) is 17.5. The first-order chi connectivity index (χ1) is 10.8. The lowest BCUT2D eigenvalue weighted by Crippen LogP contribution is -2.27. The van der Waals surface area contributed by atoms with Gasteiger partial charge in [-0.1, -0.05) is 25.2 Å². The van der Waals surface area contributed by atoms with Crippen molar-refractivity contribution in [1.29, 1.82) is 0 Å². The molecule has 0 aromatic heterocycles. The molecular formula is C18H30O5. The van der Waals surface area contributed by atoms with E-state index < -0.39 is 5.60 Å². The Bertz CT molecular complexity index is 439. The lowest BCUT2D eigenvalue weighted by molar-refractivity contribution is -0.151. The van der Waals surface area contributed by atoms with Crippen LogP contribution in [0.25, 0.3) is 0 Å². The van der Waals surface area contributed by atoms with E-state index in [0.717, 1.165) is 18.4 Å². The number of cyclic esters (lactones) is 1. The molecule has 0 fully saturated rings. The van der Waals surface area contributed by atoms with Gasteiger partial charge in [0.05, 0.1) is 18.3 Å². The Morgan fingerprint density at radius 2 is 2.13 bits per heavy atom. The summed E-state index contributed by atoms with van der Waals surface area (Å²) in [5, 5.41) is 19.9. The number of allylic oxidation sites excluding steroid dienone is 1. The van der Waals surface area contributed by atoms with Crippen LogP contribution in [0.5, 0.6) is 0 Å². The third kappa shape index (κ3) is 6.85. The highest BCUT2D eigenvalue weighted by molar-refractivity contribution is 5.69. The Morgan fingerprint density at radius 1 is 1.43 bits per heavy atom. The van der Waals surface area contributed by atoms with E-state index in [1.807, 2.05) is 19.9 Å². The van der Waals surface area contributed by atoms with Crippen LogP contribution in [0.3, 0.4) is 0 Å². The number of ether oxygens (including phenoxy) is 2. The van der Waals surface area contributed by atoms with Gasteiger partial charge in [-0.2, -0.15) is 0 Å². The zero-order valence-electron chi connectivity index (χ0n) is 14.6. The predicted octanol–water partition coefficient (Wildman–Crippen LogP) is 2.37. The largest absolute Gasteiger partial charge is 0.462 e. The molecule has 0 aromatic carbocycles. The van der Waals surface area contributed by atoms with Crippen LogP contribution in [0.2, 0.25) is 0 Å². The van der Waals surface area contributed by atoms with E-state index >= 15 is 0 Å². The van der Waals surface area contributed by atoms with E-state index in [9.17, 15) is 15.0 Å². The van der Waals surface area contributed by atoms with Crippen LogP contribution in [0.15, 0.2) is 23.8 Å². The van der Waals surface area contributed by atoms with Crippen LogP contribution in [0.1, 0.15) is 46.5 Å². The molecule has 132 valence electrons. The van der Waals surface area contributed by atoms with Crippen molar-refractivity contribution in [2.24, 2.45) is 5.92 Å². The Balaban J connectivity index is 3.00. The summed E-state index contributed by atoms with van der Waals surface area (Å²) in [5.41, 5.74) is -0.358. The minimum Gasteiger partial charge on any atom is -0.462 e. The molecule has 0 aromatic rings. The second-order valence-corrected chi connectivity index (χ2v) is 6.56. The van der Waals surface area contributed by atoms with Crippen LogP contribution in [-0.4, -0.2) is 47.7 Å². The first kappa shape index (κ1) is 19.9. The van der Waals surface area contributed by atoms with E-state index in [4.69, 9.17) is 9.47 Å². The van der Waals surface area contributed by atoms with E-state index in [2.05, 4.69) is 0 Å². The van der Waals surface area contributed by atoms with Crippen LogP contribution < -0.4 is 0 Å². The monoisotopic (exact) mass is 326 g/mol. The van der Waals surface area contributed by atoms with E-state index in [-0.39, 0.29) is 43.5 Å². The number of carbonyl (C=O) groups is 1. The van der Waals surface area contributed by atoms with Gasteiger partial charge in [-0.15, -0.1) is 0 Å². The van der Waals surface area contributed by atoms with E-state index in [0.29, 0.717) is 0 Å². The number of aliphatic hydroxyl groups excluding tert-OH is 1. The van der Waals surface area contributed by atoms with Gasteiger partial charge in [0.25, 0.3) is 0 Å². The van der Waals surface area contributed by atoms with Crippen molar-refractivity contribution in [2.75, 3.05) is 13.7 Å². The van der Waals surface area contributed by atoms with Gasteiger partial charge in [-0.05, 0) is 44.6 Å². The minimum absolute atomic E-state index is 0.0933. The molecule has 4 atom stereocenters. The predicted molar refractivity (Wildman–Crippen MR) is 88.9 cm³/mol. The first-order valence-electron chi connectivity index (χ1n) is 8.23. The van der Waals surface area contributed by atoms with Gasteiger partial charge in [-0.25, -0.2) is 0 Å². The SMILES string of the molecule is CO[C@@H]1/C=C/[C@@](C)(O)CCC(=O)O[C@H](C)[C@H](C)CC/C=C/1CO. The molecule has 0 bridgehead atoms. The summed E-state index contributed by atoms with van der Waals surface area (Å²) in [6, 6.07) is 0. The smallest absolute Gasteiger partial charge is 0.306 e. The summed E-state index contributed by atoms with van der Waals surface area (Å²) < 4.78 is 10.8. The zero-order valence-corrected chi connectivity index (χ0v) is 14.6. The van der Waals surface area contributed by atoms with Crippen LogP contribution in [0, 0.1) is 5.92 Å². The lowest BCUT2D eigenvalue weighted by Gasteiger charge is -2.24. The van der Waals surface area contributed by atoms with Gasteiger partial charge in [0.1, 0.15) is 6.10 Å². The van der Waals surface area contributed by atoms with Crippen molar-refractivity contribution in [2.45, 2.75) is 64.3 Å². The number of hydrogen-bond donors (Lipinski definition) is 2. The summed E-state index contributed by atoms with van der Waals surface area (Å²) in [4.78, 5) is 11.9. The molecule has 0 saturated carbocycles. The molecule has 0 aliphatic carbocycles. The lowest BCUT2D eigenvalue weighted by atomic mass is 9.95. The van der Waals surface area contributed by atoms with Gasteiger partial charge in [0, 0.05) is 13.5 Å². The maximum Gasteiger partial charge on any atom is 0.306 e. The summed E-state index contributed by atoms with van der Waals surface area (Å²) in [6.07, 6.45) is 6.82. The van der Waals surface area contributed by atoms with Crippen LogP contribution in [-0.2, 0) is 14.3 Å². The normalized spacial score (nSPS) is 38.1. The summed E-state index contributed by atoms with van der Waals surface area (Å²) >= 11 is 0. The molecular weight excluding hydrogens is 296 g/mol. The Morgan fingerprint density at radius 3 is 2.74 bits per heavy atom. The second-order valence-electron chi connectivity index (χ2n) is 6.56. The van der Waals surface area contributed by atoms with Gasteiger partial charge in [0.15, 0.2) is 0 Å². The molecule has 1 aliphatic rings. The molecule has 1 rings (SSSR count). The quantitative estimate of drug-likeness (QED) is 0.602. The van der Waals surface area contributed by atoms with Gasteiger partial charge >= 0.3 is 5.97 Å². The first-order valence-corrected chi connectivity index (χ1v) is 8.23. The highest BCUT2D eigenvalue weighted by atomic mass is 16.5. The molecule has 0 unspecified atom stereocenters. The molecule has 2 N–H and O–H groups in total. The average molecular weight is 326 g/mol. The fourth-order valence-corrected chi connectivity index (χ4v) is 2.51. The van der Waals surface area contributed by atoms with Crippen LogP contribution >= 0.6 is 0 Å². The summed E-state index contributed by atoms with van der Waals surface area (Å²) in [7, 11) is 1.57. The fourth-order valence-electron chi connectivity index (χ4n) is 2.51. The number of carbonyl (C=O) groups excluding carboxylic acids is 1. The summed E-state index contributed by atoms with van der Waals surface area (Å²) in [5.74, 6) is -0.0694. The molecule has 1 heterocycles. The van der Waals surface area contributed by atoms with Crippen molar-refractivity contribution in [1.82, 2.24) is 0 Å². The van der Waals surface area contributed by atoms with E-state index in [1.54, 1.807) is 26.2 Å². The summed E-state index contributed by atoms with van der Waals surface area (Å²) in [6.45, 7) is 5.48. The Hall–Kier alpha value is -1.17. The van der Waals surface area contributed by atoms with Gasteiger partial charge in [-0.3, -0.25) is 4.79 Å². The third-order valence-corrected chi connectivity index (χ3v) is 4.41. The highest BCUT2D eigenvalue weighted by Crippen LogP contribution is 2.21. The number of hydrogen-bond acceptors (Lipinski definition) is 5. The van der Waals surface area contributed by atoms with Crippen molar-refractivity contribution < 1.29 is 24.5 Å². The average Bonchev–Trinajstić information content (AvgIpc) is 2.50. The third-order valence-electron chi connectivity index (χ3n) is 4.41. The fraction of sp³-hybridized carbons (Fsp3) is 0.722. The standard InChI is InChI=1S/C18H30O5/c1-13-6-5-7-15(12-19)16(22-4)8-10-18(3,21)11-9-17(20)23-14(13)2/h7-8,10,13-14,16,19,21H,5-6,9,11-12H2,1-4H3/b10-8+,15-7+/t13-,14-,16-,18-/m1/s1. The molecule has 23 heavy (non-hydrogen) atoms. The Kier molecular flexibility index (Phi) is 7.95. The number of methoxy groups -OCH3 is 1. The number of rotatable bonds is 2. The molecule has 5 nitrogen and oxygen atoms in total. The maximum absolute atomic E-state index is 11.9. The van der Waals surface area contributed by atoms with Gasteiger partial charge < -0.3 is 19.7 Å². The minimum atomic E-state index is -1.13. The maximum atomic E-state index is 11.9. The topological polar surface area (TPSA) is 76.0 Å². The van der Waals surface area contributed by atoms with Crippen molar-refractivity contribution in [3.8, 4) is 0 Å². The van der Waals surface area contributed by atoms with Crippen molar-refractivity contribution >= 4 is 5.97 Å². The molecule has 0 amide bonds. The second kappa shape index (κ2) is 9.21. The molecule has 0 radical (unpaired) electrons. The van der Waals surface area contributed by atoms with E-state index in [1.165, 1.54) is 0 Å². The molecule has 0 spiro atoms. The number of aliphatic hydroxyl groups is 2. The van der Waals surface area contributed by atoms with Crippen molar-refractivity contribution in [3.05, 3.63) is 23.8 Å². The molecule has 5 heteroatoms. The van der Waals surface area contributed by atoms with Crippen molar-refractivity contribution in [3.63, 3.8) is 0 Å². The number of esters is 1. The highest BCUT2D eigenvalue weighted by Gasteiger charge is 2.23. The molecule has 0 saturated heterocycles. The van der Waals surface area contributed by atoms with Crippen LogP contribution in [0.4, 0.5) is 0 Å². The van der Waals surface area contributed by atoms with Gasteiger partial charge in [0.2, 0.25) is 0 Å². The molecule has 1 aliphatic heterocycles. The Labute approximate surface area is 139 Å².